The van der Waals surface area contributed by atoms with Gasteiger partial charge in [0.2, 0.25) is 0 Å². The highest BCUT2D eigenvalue weighted by molar-refractivity contribution is 6.41. The molecule has 0 spiro atoms. The lowest BCUT2D eigenvalue weighted by atomic mass is 9.38. The van der Waals surface area contributed by atoms with E-state index in [1.165, 1.54) is 12.1 Å². The lowest BCUT2D eigenvalue weighted by molar-refractivity contribution is -0.177. The number of fused-ring (bicyclic) bond motifs is 2. The van der Waals surface area contributed by atoms with Crippen LogP contribution < -0.4 is 0 Å². The predicted octanol–water partition coefficient (Wildman–Crippen LogP) is 8.76. The summed E-state index contributed by atoms with van der Waals surface area (Å²) in [4.78, 5) is 44.9. The summed E-state index contributed by atoms with van der Waals surface area (Å²) in [5.74, 6) is -3.61. The van der Waals surface area contributed by atoms with Gasteiger partial charge in [0.25, 0.3) is 0 Å². The number of carbonyl (C=O) groups excluding carboxylic acids is 3. The number of aliphatic hydroxyl groups is 1. The molecule has 3 N–H and O–H groups in total. The minimum Gasteiger partial charge on any atom is -0.506 e. The zero-order valence-corrected chi connectivity index (χ0v) is 27.9. The molecule has 2 aliphatic rings. The molecule has 3 rings (SSSR count). The Bertz CT molecular complexity index is 1490. The Hall–Kier alpha value is -3.67. The molecule has 0 saturated heterocycles. The molecular formula is C38H50O6. The molecule has 2 aliphatic carbocycles. The maximum absolute atomic E-state index is 15.2. The standard InChI is InChI=1S/C38H50O6/c1-22(2)11-13-27(25(7)8)20-37-21-28(15-12-23(3)4)36(9,10)38(35(37)44,18-17-24(5)6)34(43)31(33(37)42)32(41)26-14-16-29(39)30(40)19-26/h11-12,14,16-17,19,27-28,39-41H,7,13,15,18,20-21H2,1-6,8-10H3/b32-31+/t27-,28-,37+,38-/m0/s1. The third kappa shape index (κ3) is 6.00. The zero-order chi connectivity index (χ0) is 33.4. The fraction of sp³-hybridized carbons (Fsp3) is 0.500. The van der Waals surface area contributed by atoms with Gasteiger partial charge in [-0.05, 0) is 116 Å². The summed E-state index contributed by atoms with van der Waals surface area (Å²) in [6.45, 7) is 21.9. The molecule has 238 valence electrons. The highest BCUT2D eigenvalue weighted by atomic mass is 16.3. The molecule has 6 heteroatoms. The van der Waals surface area contributed by atoms with Gasteiger partial charge in [0.15, 0.2) is 28.8 Å². The van der Waals surface area contributed by atoms with Gasteiger partial charge in [-0.1, -0.05) is 60.9 Å². The third-order valence-corrected chi connectivity index (χ3v) is 10.0. The average molecular weight is 603 g/mol. The molecule has 44 heavy (non-hydrogen) atoms. The molecule has 2 bridgehead atoms. The molecule has 1 aromatic rings. The Morgan fingerprint density at radius 2 is 1.50 bits per heavy atom. The molecule has 0 amide bonds. The number of phenolic OH excluding ortho intramolecular Hbond substituents is 2. The van der Waals surface area contributed by atoms with E-state index in [4.69, 9.17) is 0 Å². The molecule has 0 radical (unpaired) electrons. The quantitative estimate of drug-likeness (QED) is 0.0616. The van der Waals surface area contributed by atoms with Gasteiger partial charge >= 0.3 is 0 Å². The van der Waals surface area contributed by atoms with Crippen molar-refractivity contribution in [1.29, 1.82) is 0 Å². The van der Waals surface area contributed by atoms with Gasteiger partial charge < -0.3 is 15.3 Å². The van der Waals surface area contributed by atoms with Crippen molar-refractivity contribution < 1.29 is 29.7 Å². The van der Waals surface area contributed by atoms with Gasteiger partial charge in [-0.3, -0.25) is 14.4 Å². The smallest absolute Gasteiger partial charge is 0.184 e. The van der Waals surface area contributed by atoms with E-state index in [-0.39, 0.29) is 42.4 Å². The van der Waals surface area contributed by atoms with Crippen molar-refractivity contribution in [1.82, 2.24) is 0 Å². The predicted molar refractivity (Wildman–Crippen MR) is 176 cm³/mol. The number of benzene rings is 1. The van der Waals surface area contributed by atoms with Crippen LogP contribution in [0.2, 0.25) is 0 Å². The van der Waals surface area contributed by atoms with E-state index in [1.807, 2.05) is 68.4 Å². The molecule has 2 saturated carbocycles. The molecule has 2 fully saturated rings. The number of phenols is 2. The second kappa shape index (κ2) is 12.7. The number of allylic oxidation sites excluding steroid dienone is 8. The largest absolute Gasteiger partial charge is 0.506 e. The van der Waals surface area contributed by atoms with Crippen LogP contribution >= 0.6 is 0 Å². The van der Waals surface area contributed by atoms with E-state index < -0.39 is 50.6 Å². The van der Waals surface area contributed by atoms with E-state index >= 15 is 4.79 Å². The van der Waals surface area contributed by atoms with E-state index in [0.717, 1.165) is 28.4 Å². The Morgan fingerprint density at radius 1 is 0.909 bits per heavy atom. The van der Waals surface area contributed by atoms with Crippen molar-refractivity contribution in [3.05, 3.63) is 76.4 Å². The van der Waals surface area contributed by atoms with Crippen LogP contribution in [0.1, 0.15) is 100.0 Å². The number of carbonyl (C=O) groups is 3. The topological polar surface area (TPSA) is 112 Å². The minimum absolute atomic E-state index is 0.0110. The molecular weight excluding hydrogens is 552 g/mol. The van der Waals surface area contributed by atoms with Crippen LogP contribution in [0.5, 0.6) is 11.5 Å². The van der Waals surface area contributed by atoms with Crippen molar-refractivity contribution in [3.8, 4) is 11.5 Å². The van der Waals surface area contributed by atoms with Gasteiger partial charge in [-0.25, -0.2) is 0 Å². The monoisotopic (exact) mass is 602 g/mol. The lowest BCUT2D eigenvalue weighted by Crippen LogP contribution is -2.69. The minimum atomic E-state index is -1.62. The summed E-state index contributed by atoms with van der Waals surface area (Å²) >= 11 is 0. The van der Waals surface area contributed by atoms with Gasteiger partial charge in [0, 0.05) is 5.56 Å². The summed E-state index contributed by atoms with van der Waals surface area (Å²) < 4.78 is 0. The molecule has 0 aliphatic heterocycles. The van der Waals surface area contributed by atoms with Crippen LogP contribution in [0.3, 0.4) is 0 Å². The molecule has 0 aromatic heterocycles. The van der Waals surface area contributed by atoms with Crippen molar-refractivity contribution in [2.24, 2.45) is 28.1 Å². The fourth-order valence-corrected chi connectivity index (χ4v) is 7.08. The lowest BCUT2D eigenvalue weighted by Gasteiger charge is -2.60. The van der Waals surface area contributed by atoms with Crippen LogP contribution in [-0.2, 0) is 14.4 Å². The summed E-state index contributed by atoms with van der Waals surface area (Å²) in [5.41, 5.74) is -0.453. The average Bonchev–Trinajstić information content (AvgIpc) is 2.91. The number of hydrogen-bond acceptors (Lipinski definition) is 6. The highest BCUT2D eigenvalue weighted by Gasteiger charge is 2.74. The summed E-state index contributed by atoms with van der Waals surface area (Å²) in [6.07, 6.45) is 7.79. The first kappa shape index (κ1) is 34.8. The Morgan fingerprint density at radius 3 is 2.02 bits per heavy atom. The van der Waals surface area contributed by atoms with Gasteiger partial charge in [0.05, 0.1) is 5.41 Å². The highest BCUT2D eigenvalue weighted by Crippen LogP contribution is 2.66. The fourth-order valence-electron chi connectivity index (χ4n) is 7.08. The van der Waals surface area contributed by atoms with E-state index in [0.29, 0.717) is 12.8 Å². The van der Waals surface area contributed by atoms with Gasteiger partial charge in [0.1, 0.15) is 16.7 Å². The van der Waals surface area contributed by atoms with E-state index in [2.05, 4.69) is 18.7 Å². The van der Waals surface area contributed by atoms with Gasteiger partial charge in [-0.2, -0.15) is 0 Å². The Labute approximate surface area is 263 Å². The van der Waals surface area contributed by atoms with Crippen LogP contribution in [0, 0.1) is 28.1 Å². The van der Waals surface area contributed by atoms with Crippen molar-refractivity contribution in [3.63, 3.8) is 0 Å². The van der Waals surface area contributed by atoms with Crippen LogP contribution in [-0.4, -0.2) is 32.7 Å². The van der Waals surface area contributed by atoms with Crippen LogP contribution in [0.4, 0.5) is 0 Å². The van der Waals surface area contributed by atoms with Crippen molar-refractivity contribution in [2.75, 3.05) is 0 Å². The summed E-state index contributed by atoms with van der Waals surface area (Å²) in [5, 5.41) is 31.7. The first-order chi connectivity index (χ1) is 20.3. The first-order valence-corrected chi connectivity index (χ1v) is 15.5. The maximum atomic E-state index is 15.2. The first-order valence-electron chi connectivity index (χ1n) is 15.5. The molecule has 0 heterocycles. The van der Waals surface area contributed by atoms with E-state index in [1.54, 1.807) is 0 Å². The molecule has 6 nitrogen and oxygen atoms in total. The summed E-state index contributed by atoms with van der Waals surface area (Å²) in [6, 6.07) is 3.65. The second-order valence-corrected chi connectivity index (χ2v) is 14.3. The number of hydrogen-bond donors (Lipinski definition) is 3. The Kier molecular flexibility index (Phi) is 10.1. The second-order valence-electron chi connectivity index (χ2n) is 14.3. The Balaban J connectivity index is 2.47. The maximum Gasteiger partial charge on any atom is 0.184 e. The normalized spacial score (nSPS) is 26.0. The van der Waals surface area contributed by atoms with Crippen LogP contribution in [0.25, 0.3) is 5.76 Å². The molecule has 4 atom stereocenters. The summed E-state index contributed by atoms with van der Waals surface area (Å²) in [7, 11) is 0. The van der Waals surface area contributed by atoms with Gasteiger partial charge in [-0.15, -0.1) is 0 Å². The zero-order valence-electron chi connectivity index (χ0n) is 27.9. The number of ketones is 3. The van der Waals surface area contributed by atoms with Crippen LogP contribution in [0.15, 0.2) is 70.9 Å². The van der Waals surface area contributed by atoms with Crippen molar-refractivity contribution >= 4 is 23.1 Å². The molecule has 0 unspecified atom stereocenters. The van der Waals surface area contributed by atoms with Crippen molar-refractivity contribution in [2.45, 2.75) is 94.4 Å². The van der Waals surface area contributed by atoms with E-state index in [9.17, 15) is 24.9 Å². The number of Topliss-reactive ketones (excluding diaryl/α,β-unsaturated/α-hetero) is 3. The number of aliphatic hydroxyl groups excluding tert-OH is 1. The molecule has 1 aromatic carbocycles. The number of rotatable bonds is 10. The number of aromatic hydroxyl groups is 2. The third-order valence-electron chi connectivity index (χ3n) is 10.0. The SMILES string of the molecule is C=C(C)[C@@H](CC=C(C)C)C[C@@]12C[C@H](CC=C(C)C)C(C)(C)[C@@](CC=C(C)C)(C(=O)/C(=C(/O)c3ccc(O)c(O)c3)C1=O)C2=O.